The highest BCUT2D eigenvalue weighted by molar-refractivity contribution is 6.47. The van der Waals surface area contributed by atoms with Crippen LogP contribution in [-0.2, 0) is 0 Å². The van der Waals surface area contributed by atoms with Gasteiger partial charge in [-0.2, -0.15) is 0 Å². The van der Waals surface area contributed by atoms with Crippen LogP contribution in [0.1, 0.15) is 0 Å². The maximum Gasteiger partial charge on any atom is 0.158 e. The molecule has 2 aromatic carbocycles. The first-order valence-electron chi connectivity index (χ1n) is 5.23. The Balaban J connectivity index is 2.77. The van der Waals surface area contributed by atoms with Crippen LogP contribution in [0.25, 0.3) is 11.1 Å². The minimum atomic E-state index is 0.235. The van der Waals surface area contributed by atoms with Crippen molar-refractivity contribution in [1.82, 2.24) is 0 Å². The summed E-state index contributed by atoms with van der Waals surface area (Å²) < 4.78 is 5.16. The summed E-state index contributed by atoms with van der Waals surface area (Å²) in [7, 11) is 1.45. The lowest BCUT2D eigenvalue weighted by Gasteiger charge is -2.14. The number of benzene rings is 2. The van der Waals surface area contributed by atoms with Gasteiger partial charge >= 0.3 is 0 Å². The van der Waals surface area contributed by atoms with E-state index in [2.05, 4.69) is 0 Å². The Morgan fingerprint density at radius 2 is 1.20 bits per heavy atom. The van der Waals surface area contributed by atoms with E-state index in [0.29, 0.717) is 36.2 Å². The van der Waals surface area contributed by atoms with Crippen LogP contribution in [-0.4, -0.2) is 7.11 Å². The van der Waals surface area contributed by atoms with Crippen LogP contribution in [0.5, 0.6) is 5.75 Å². The molecule has 0 heterocycles. The smallest absolute Gasteiger partial charge is 0.158 e. The molecule has 0 aromatic heterocycles. The van der Waals surface area contributed by atoms with E-state index in [4.69, 9.17) is 74.3 Å². The molecule has 0 saturated carbocycles. The predicted octanol–water partition coefficient (Wildman–Crippen LogP) is 7.28. The van der Waals surface area contributed by atoms with Crippen molar-refractivity contribution >= 4 is 69.6 Å². The number of halogens is 6. The number of rotatable bonds is 2. The lowest BCUT2D eigenvalue weighted by Crippen LogP contribution is -1.91. The highest BCUT2D eigenvalue weighted by Crippen LogP contribution is 2.47. The average Bonchev–Trinajstić information content (AvgIpc) is 2.39. The fourth-order valence-corrected chi connectivity index (χ4v) is 3.13. The zero-order chi connectivity index (χ0) is 15.0. The summed E-state index contributed by atoms with van der Waals surface area (Å²) in [6, 6.07) is 4.74. The Hall–Kier alpha value is -0.0200. The maximum atomic E-state index is 6.28. The van der Waals surface area contributed by atoms with Gasteiger partial charge in [0.25, 0.3) is 0 Å². The Labute approximate surface area is 146 Å². The van der Waals surface area contributed by atoms with Gasteiger partial charge < -0.3 is 4.74 Å². The largest absolute Gasteiger partial charge is 0.494 e. The van der Waals surface area contributed by atoms with Crippen LogP contribution < -0.4 is 4.74 Å². The normalized spacial score (nSPS) is 10.8. The van der Waals surface area contributed by atoms with Crippen LogP contribution >= 0.6 is 69.6 Å². The Morgan fingerprint density at radius 3 is 1.80 bits per heavy atom. The monoisotopic (exact) mass is 388 g/mol. The summed E-state index contributed by atoms with van der Waals surface area (Å²) in [5.74, 6) is 0.276. The molecule has 2 aromatic rings. The predicted molar refractivity (Wildman–Crippen MR) is 88.5 cm³/mol. The molecule has 7 heteroatoms. The van der Waals surface area contributed by atoms with Crippen molar-refractivity contribution in [3.8, 4) is 16.9 Å². The van der Waals surface area contributed by atoms with Crippen molar-refractivity contribution in [2.24, 2.45) is 0 Å². The highest BCUT2D eigenvalue weighted by Gasteiger charge is 2.19. The average molecular weight is 391 g/mol. The maximum absolute atomic E-state index is 6.28. The van der Waals surface area contributed by atoms with E-state index in [1.165, 1.54) is 13.2 Å². The fourth-order valence-electron chi connectivity index (χ4n) is 1.68. The number of ether oxygens (including phenoxy) is 1. The summed E-state index contributed by atoms with van der Waals surface area (Å²) in [6.45, 7) is 0. The molecule has 20 heavy (non-hydrogen) atoms. The third-order valence-electron chi connectivity index (χ3n) is 2.62. The molecule has 0 atom stereocenters. The van der Waals surface area contributed by atoms with Gasteiger partial charge in [0.15, 0.2) is 5.75 Å². The molecule has 0 radical (unpaired) electrons. The molecule has 0 unspecified atom stereocenters. The number of hydrogen-bond acceptors (Lipinski definition) is 1. The summed E-state index contributed by atoms with van der Waals surface area (Å²) in [4.78, 5) is 0. The lowest BCUT2D eigenvalue weighted by atomic mass is 10.1. The molecular formula is C13H6Cl6O. The molecule has 0 bridgehead atoms. The zero-order valence-corrected chi connectivity index (χ0v) is 14.4. The second-order valence-corrected chi connectivity index (χ2v) is 6.20. The SMILES string of the molecule is COc1c(Cl)c(Cl)cc(-c2cc(Cl)c(Cl)cc2Cl)c1Cl. The van der Waals surface area contributed by atoms with Crippen molar-refractivity contribution in [2.75, 3.05) is 7.11 Å². The summed E-state index contributed by atoms with van der Waals surface area (Å²) in [6.07, 6.45) is 0. The van der Waals surface area contributed by atoms with Gasteiger partial charge in [-0.25, -0.2) is 0 Å². The van der Waals surface area contributed by atoms with Crippen molar-refractivity contribution < 1.29 is 4.74 Å². The van der Waals surface area contributed by atoms with Crippen molar-refractivity contribution in [2.45, 2.75) is 0 Å². The Morgan fingerprint density at radius 1 is 0.650 bits per heavy atom. The topological polar surface area (TPSA) is 9.23 Å². The van der Waals surface area contributed by atoms with E-state index in [-0.39, 0.29) is 10.8 Å². The molecule has 0 aliphatic heterocycles. The number of hydrogen-bond donors (Lipinski definition) is 0. The fraction of sp³-hybridized carbons (Fsp3) is 0.0769. The van der Waals surface area contributed by atoms with Gasteiger partial charge in [0.05, 0.1) is 32.2 Å². The molecule has 0 aliphatic rings. The second kappa shape index (κ2) is 6.39. The van der Waals surface area contributed by atoms with E-state index < -0.39 is 0 Å². The molecule has 0 saturated heterocycles. The molecule has 0 fully saturated rings. The first-order valence-corrected chi connectivity index (χ1v) is 7.50. The van der Waals surface area contributed by atoms with Gasteiger partial charge in [0.1, 0.15) is 5.02 Å². The van der Waals surface area contributed by atoms with Gasteiger partial charge in [0, 0.05) is 11.1 Å². The molecule has 106 valence electrons. The quantitative estimate of drug-likeness (QED) is 0.489. The van der Waals surface area contributed by atoms with Crippen LogP contribution in [0.15, 0.2) is 18.2 Å². The molecule has 1 nitrogen and oxygen atoms in total. The highest BCUT2D eigenvalue weighted by atomic mass is 35.5. The minimum absolute atomic E-state index is 0.235. The van der Waals surface area contributed by atoms with Gasteiger partial charge in [-0.05, 0) is 18.2 Å². The first kappa shape index (κ1) is 16.4. The van der Waals surface area contributed by atoms with E-state index in [1.807, 2.05) is 0 Å². The summed E-state index contributed by atoms with van der Waals surface area (Å²) in [5, 5.41) is 1.92. The second-order valence-electron chi connectivity index (χ2n) is 3.81. The van der Waals surface area contributed by atoms with Gasteiger partial charge in [-0.1, -0.05) is 69.6 Å². The molecule has 0 N–H and O–H groups in total. The van der Waals surface area contributed by atoms with E-state index >= 15 is 0 Å². The van der Waals surface area contributed by atoms with Gasteiger partial charge in [0.2, 0.25) is 0 Å². The summed E-state index contributed by atoms with van der Waals surface area (Å²) >= 11 is 36.5. The minimum Gasteiger partial charge on any atom is -0.494 e. The molecule has 2 rings (SSSR count). The molecule has 0 spiro atoms. The molecular weight excluding hydrogens is 385 g/mol. The Bertz CT molecular complexity index is 683. The van der Waals surface area contributed by atoms with E-state index in [1.54, 1.807) is 12.1 Å². The van der Waals surface area contributed by atoms with Crippen molar-refractivity contribution in [3.63, 3.8) is 0 Å². The lowest BCUT2D eigenvalue weighted by molar-refractivity contribution is 0.415. The van der Waals surface area contributed by atoms with Gasteiger partial charge in [-0.15, -0.1) is 0 Å². The van der Waals surface area contributed by atoms with Crippen molar-refractivity contribution in [1.29, 1.82) is 0 Å². The third-order valence-corrected chi connectivity index (χ3v) is 4.80. The molecule has 0 amide bonds. The van der Waals surface area contributed by atoms with Crippen molar-refractivity contribution in [3.05, 3.63) is 48.3 Å². The van der Waals surface area contributed by atoms with Crippen LogP contribution in [0.2, 0.25) is 30.1 Å². The van der Waals surface area contributed by atoms with E-state index in [9.17, 15) is 0 Å². The third kappa shape index (κ3) is 2.94. The van der Waals surface area contributed by atoms with E-state index in [0.717, 1.165) is 0 Å². The summed E-state index contributed by atoms with van der Waals surface area (Å²) in [5.41, 5.74) is 1.14. The van der Waals surface area contributed by atoms with Crippen LogP contribution in [0.3, 0.4) is 0 Å². The Kier molecular flexibility index (Phi) is 5.23. The van der Waals surface area contributed by atoms with Gasteiger partial charge in [-0.3, -0.25) is 0 Å². The molecule has 0 aliphatic carbocycles. The zero-order valence-electron chi connectivity index (χ0n) is 9.91. The van der Waals surface area contributed by atoms with Crippen LogP contribution in [0.4, 0.5) is 0 Å². The van der Waals surface area contributed by atoms with Crippen LogP contribution in [0, 0.1) is 0 Å². The first-order chi connectivity index (χ1) is 9.36. The number of methoxy groups -OCH3 is 1. The standard InChI is InChI=1S/C13H6Cl6O/c1-20-13-11(18)6(3-10(17)12(13)19)5-2-8(15)9(16)4-7(5)14/h2-4H,1H3.